The van der Waals surface area contributed by atoms with E-state index in [1.807, 2.05) is 24.3 Å². The van der Waals surface area contributed by atoms with Crippen LogP contribution in [0.4, 0.5) is 0 Å². The van der Waals surface area contributed by atoms with E-state index < -0.39 is 0 Å². The molecule has 0 saturated heterocycles. The van der Waals surface area contributed by atoms with Crippen molar-refractivity contribution in [3.8, 4) is 44.8 Å². The van der Waals surface area contributed by atoms with Crippen LogP contribution in [0.5, 0.6) is 0 Å². The number of hydrogen-bond donors (Lipinski definition) is 0. The van der Waals surface area contributed by atoms with Crippen molar-refractivity contribution in [1.29, 1.82) is 0 Å². The van der Waals surface area contributed by atoms with Crippen LogP contribution in [0, 0.1) is 0 Å². The standard InChI is InChI=1S/C31H26NOP/c1-2-27(34-33)32-30(25-19-11-5-12-20-25)28(23-15-7-3-8-16-23)29(24-17-9-4-10-18-24)31(32)26-21-13-6-14-22-26/h3-22,27H,2H2,1H3. The van der Waals surface area contributed by atoms with Crippen molar-refractivity contribution in [2.24, 2.45) is 0 Å². The molecule has 4 aromatic carbocycles. The zero-order chi connectivity index (χ0) is 23.3. The van der Waals surface area contributed by atoms with Gasteiger partial charge in [-0.05, 0) is 28.7 Å². The lowest BCUT2D eigenvalue weighted by atomic mass is 9.91. The summed E-state index contributed by atoms with van der Waals surface area (Å²) >= 11 is 0. The first-order valence-corrected chi connectivity index (χ1v) is 12.5. The summed E-state index contributed by atoms with van der Waals surface area (Å²) in [5.41, 5.74) is 9.05. The maximum Gasteiger partial charge on any atom is 0.180 e. The van der Waals surface area contributed by atoms with Crippen molar-refractivity contribution in [2.75, 3.05) is 0 Å². The highest BCUT2D eigenvalue weighted by Crippen LogP contribution is 2.51. The first-order valence-electron chi connectivity index (χ1n) is 11.7. The van der Waals surface area contributed by atoms with E-state index in [1.54, 1.807) is 0 Å². The van der Waals surface area contributed by atoms with Gasteiger partial charge in [0.25, 0.3) is 0 Å². The first-order chi connectivity index (χ1) is 16.8. The van der Waals surface area contributed by atoms with Gasteiger partial charge in [-0.15, -0.1) is 0 Å². The van der Waals surface area contributed by atoms with Crippen LogP contribution in [0.3, 0.4) is 0 Å². The van der Waals surface area contributed by atoms with E-state index in [4.69, 9.17) is 0 Å². The van der Waals surface area contributed by atoms with Crippen molar-refractivity contribution >= 4 is 8.46 Å². The Kier molecular flexibility index (Phi) is 6.51. The van der Waals surface area contributed by atoms with E-state index in [-0.39, 0.29) is 14.2 Å². The predicted molar refractivity (Wildman–Crippen MR) is 143 cm³/mol. The zero-order valence-corrected chi connectivity index (χ0v) is 20.0. The van der Waals surface area contributed by atoms with Gasteiger partial charge in [0, 0.05) is 11.1 Å². The minimum atomic E-state index is -0.190. The quantitative estimate of drug-likeness (QED) is 0.222. The van der Waals surface area contributed by atoms with Crippen LogP contribution in [0.25, 0.3) is 44.8 Å². The number of benzene rings is 4. The molecule has 0 aliphatic carbocycles. The molecule has 0 aliphatic heterocycles. The maximum atomic E-state index is 12.6. The Morgan fingerprint density at radius 2 is 0.882 bits per heavy atom. The predicted octanol–water partition coefficient (Wildman–Crippen LogP) is 9.36. The van der Waals surface area contributed by atoms with Gasteiger partial charge < -0.3 is 4.57 Å². The molecule has 0 aliphatic rings. The second-order valence-corrected chi connectivity index (χ2v) is 9.08. The van der Waals surface area contributed by atoms with Crippen LogP contribution >= 0.6 is 8.46 Å². The van der Waals surface area contributed by atoms with Crippen LogP contribution in [-0.4, -0.2) is 4.57 Å². The normalized spacial score (nSPS) is 12.0. The topological polar surface area (TPSA) is 22.0 Å². The van der Waals surface area contributed by atoms with Crippen LogP contribution in [0.1, 0.15) is 19.1 Å². The van der Waals surface area contributed by atoms with Gasteiger partial charge in [-0.3, -0.25) is 4.57 Å². The minimum Gasteiger partial charge on any atom is -0.325 e. The monoisotopic (exact) mass is 459 g/mol. The van der Waals surface area contributed by atoms with Crippen molar-refractivity contribution in [3.63, 3.8) is 0 Å². The molecule has 5 aromatic rings. The minimum absolute atomic E-state index is 0.106. The first kappa shape index (κ1) is 22.1. The number of aromatic nitrogens is 1. The largest absolute Gasteiger partial charge is 0.325 e. The van der Waals surface area contributed by atoms with Gasteiger partial charge in [0.05, 0.1) is 11.4 Å². The summed E-state index contributed by atoms with van der Waals surface area (Å²) in [6, 6.07) is 42.1. The molecular weight excluding hydrogens is 433 g/mol. The summed E-state index contributed by atoms with van der Waals surface area (Å²) in [7, 11) is 0.106. The average molecular weight is 460 g/mol. The van der Waals surface area contributed by atoms with E-state index in [0.717, 1.165) is 40.1 Å². The fourth-order valence-corrected chi connectivity index (χ4v) is 5.20. The van der Waals surface area contributed by atoms with E-state index in [0.29, 0.717) is 0 Å². The molecule has 0 bridgehead atoms. The van der Waals surface area contributed by atoms with Crippen LogP contribution < -0.4 is 0 Å². The summed E-state index contributed by atoms with van der Waals surface area (Å²) in [4.78, 5) is 0. The zero-order valence-electron chi connectivity index (χ0n) is 19.1. The summed E-state index contributed by atoms with van der Waals surface area (Å²) in [5.74, 6) is -0.190. The van der Waals surface area contributed by atoms with Crippen molar-refractivity contribution in [1.82, 2.24) is 4.57 Å². The molecule has 0 saturated carbocycles. The highest BCUT2D eigenvalue weighted by atomic mass is 31.1. The SMILES string of the molecule is CCC(P=O)n1c(-c2ccccc2)c(-c2ccccc2)c(-c2ccccc2)c1-c1ccccc1. The Hall–Kier alpha value is -3.74. The Bertz CT molecular complexity index is 1280. The molecule has 2 nitrogen and oxygen atoms in total. The summed E-state index contributed by atoms with van der Waals surface area (Å²) < 4.78 is 14.9. The molecule has 0 radical (unpaired) electrons. The number of hydrogen-bond acceptors (Lipinski definition) is 1. The molecule has 1 unspecified atom stereocenters. The van der Waals surface area contributed by atoms with Crippen LogP contribution in [-0.2, 0) is 4.57 Å². The van der Waals surface area contributed by atoms with Gasteiger partial charge >= 0.3 is 0 Å². The highest BCUT2D eigenvalue weighted by Gasteiger charge is 2.29. The van der Waals surface area contributed by atoms with Gasteiger partial charge in [-0.1, -0.05) is 128 Å². The third-order valence-corrected chi connectivity index (χ3v) is 7.05. The Morgan fingerprint density at radius 3 is 1.18 bits per heavy atom. The fourth-order valence-electron chi connectivity index (χ4n) is 4.72. The molecular formula is C31H26NOP. The lowest BCUT2D eigenvalue weighted by Gasteiger charge is -2.19. The molecule has 0 fully saturated rings. The number of nitrogens with zero attached hydrogens (tertiary/aromatic N) is 1. The van der Waals surface area contributed by atoms with Gasteiger partial charge in [-0.2, -0.15) is 0 Å². The van der Waals surface area contributed by atoms with E-state index in [2.05, 4.69) is 109 Å². The Balaban J connectivity index is 2.02. The van der Waals surface area contributed by atoms with Crippen molar-refractivity contribution in [2.45, 2.75) is 19.1 Å². The van der Waals surface area contributed by atoms with Crippen LogP contribution in [0.15, 0.2) is 121 Å². The second-order valence-electron chi connectivity index (χ2n) is 8.28. The molecule has 1 aromatic heterocycles. The summed E-state index contributed by atoms with van der Waals surface area (Å²) in [6.07, 6.45) is 0.752. The molecule has 0 spiro atoms. The van der Waals surface area contributed by atoms with Gasteiger partial charge in [0.1, 0.15) is 5.78 Å². The fraction of sp³-hybridized carbons (Fsp3) is 0.0968. The van der Waals surface area contributed by atoms with Gasteiger partial charge in [-0.25, -0.2) is 0 Å². The van der Waals surface area contributed by atoms with E-state index in [1.165, 1.54) is 11.1 Å². The highest BCUT2D eigenvalue weighted by molar-refractivity contribution is 7.23. The third-order valence-electron chi connectivity index (χ3n) is 6.21. The molecule has 3 heteroatoms. The van der Waals surface area contributed by atoms with Crippen molar-refractivity contribution < 1.29 is 4.57 Å². The van der Waals surface area contributed by atoms with Gasteiger partial charge in [0.15, 0.2) is 8.46 Å². The molecule has 166 valence electrons. The van der Waals surface area contributed by atoms with Gasteiger partial charge in [0.2, 0.25) is 0 Å². The molecule has 1 atom stereocenters. The Morgan fingerprint density at radius 1 is 0.559 bits per heavy atom. The lowest BCUT2D eigenvalue weighted by Crippen LogP contribution is -2.06. The maximum absolute atomic E-state index is 12.6. The molecule has 0 amide bonds. The molecule has 1 heterocycles. The molecule has 0 N–H and O–H groups in total. The number of rotatable bonds is 7. The summed E-state index contributed by atoms with van der Waals surface area (Å²) in [6.45, 7) is 2.10. The molecule has 34 heavy (non-hydrogen) atoms. The van der Waals surface area contributed by atoms with Crippen LogP contribution in [0.2, 0.25) is 0 Å². The van der Waals surface area contributed by atoms with Crippen molar-refractivity contribution in [3.05, 3.63) is 121 Å². The Labute approximate surface area is 202 Å². The van der Waals surface area contributed by atoms with E-state index in [9.17, 15) is 4.57 Å². The molecule has 5 rings (SSSR count). The van der Waals surface area contributed by atoms with E-state index >= 15 is 0 Å². The second kappa shape index (κ2) is 10.0. The summed E-state index contributed by atoms with van der Waals surface area (Å²) in [5, 5.41) is 0. The smallest absolute Gasteiger partial charge is 0.180 e. The average Bonchev–Trinajstić information content (AvgIpc) is 3.27. The lowest BCUT2D eigenvalue weighted by molar-refractivity contribution is 0.566. The third kappa shape index (κ3) is 4.02.